The molecule has 1 atom stereocenters. The first-order chi connectivity index (χ1) is 9.70. The van der Waals surface area contributed by atoms with Crippen LogP contribution in [-0.4, -0.2) is 17.6 Å². The molecule has 5 heteroatoms. The predicted molar refractivity (Wildman–Crippen MR) is 80.3 cm³/mol. The first kappa shape index (κ1) is 14.4. The van der Waals surface area contributed by atoms with Gasteiger partial charge in [0.2, 0.25) is 0 Å². The summed E-state index contributed by atoms with van der Waals surface area (Å²) in [7, 11) is 0. The van der Waals surface area contributed by atoms with Crippen LogP contribution < -0.4 is 5.73 Å². The molecule has 1 unspecified atom stereocenters. The molecule has 2 rings (SSSR count). The average Bonchev–Trinajstić information content (AvgIpc) is 2.48. The number of rotatable bonds is 5. The molecule has 0 amide bonds. The van der Waals surface area contributed by atoms with Crippen molar-refractivity contribution >= 4 is 23.5 Å². The number of hydrogen-bond donors (Lipinski definition) is 1. The molecule has 4 nitrogen and oxygen atoms in total. The number of esters is 1. The highest BCUT2D eigenvalue weighted by atomic mass is 32.2. The molecule has 0 radical (unpaired) electrons. The summed E-state index contributed by atoms with van der Waals surface area (Å²) >= 11 is 1.41. The van der Waals surface area contributed by atoms with E-state index >= 15 is 0 Å². The normalized spacial score (nSPS) is 11.8. The third-order valence-electron chi connectivity index (χ3n) is 2.62. The van der Waals surface area contributed by atoms with E-state index in [0.29, 0.717) is 12.4 Å². The van der Waals surface area contributed by atoms with Gasteiger partial charge in [0, 0.05) is 11.1 Å². The Bertz CT molecular complexity index is 558. The summed E-state index contributed by atoms with van der Waals surface area (Å²) in [6.07, 6.45) is 1.66. The minimum atomic E-state index is -0.401. The summed E-state index contributed by atoms with van der Waals surface area (Å²) in [5.41, 5.74) is 6.47. The molecule has 0 aliphatic rings. The molecular weight excluding hydrogens is 272 g/mol. The van der Waals surface area contributed by atoms with Gasteiger partial charge in [0.25, 0.3) is 0 Å². The SMILES string of the molecule is CCOC(=O)C(Sc1ccc(N)nc1)c1ccccc1. The highest BCUT2D eigenvalue weighted by molar-refractivity contribution is 8.00. The molecule has 0 saturated heterocycles. The quantitative estimate of drug-likeness (QED) is 0.676. The van der Waals surface area contributed by atoms with Gasteiger partial charge < -0.3 is 10.5 Å². The topological polar surface area (TPSA) is 65.2 Å². The first-order valence-corrected chi connectivity index (χ1v) is 7.18. The van der Waals surface area contributed by atoms with Gasteiger partial charge in [0.1, 0.15) is 11.1 Å². The van der Waals surface area contributed by atoms with Crippen LogP contribution in [0.2, 0.25) is 0 Å². The van der Waals surface area contributed by atoms with Crippen LogP contribution in [0.25, 0.3) is 0 Å². The van der Waals surface area contributed by atoms with Crippen molar-refractivity contribution in [1.29, 1.82) is 0 Å². The van der Waals surface area contributed by atoms with E-state index in [-0.39, 0.29) is 5.97 Å². The second kappa shape index (κ2) is 6.96. The van der Waals surface area contributed by atoms with E-state index < -0.39 is 5.25 Å². The van der Waals surface area contributed by atoms with Crippen molar-refractivity contribution in [2.45, 2.75) is 17.1 Å². The fourth-order valence-electron chi connectivity index (χ4n) is 1.70. The monoisotopic (exact) mass is 288 g/mol. The van der Waals surface area contributed by atoms with Crippen LogP contribution in [0.15, 0.2) is 53.6 Å². The summed E-state index contributed by atoms with van der Waals surface area (Å²) < 4.78 is 5.15. The summed E-state index contributed by atoms with van der Waals surface area (Å²) in [5.74, 6) is 0.210. The fraction of sp³-hybridized carbons (Fsp3) is 0.200. The van der Waals surface area contributed by atoms with Gasteiger partial charge >= 0.3 is 5.97 Å². The Balaban J connectivity index is 2.23. The lowest BCUT2D eigenvalue weighted by molar-refractivity contribution is -0.142. The number of nitrogens with zero attached hydrogens (tertiary/aromatic N) is 1. The number of carbonyl (C=O) groups excluding carboxylic acids is 1. The largest absolute Gasteiger partial charge is 0.465 e. The Morgan fingerprint density at radius 3 is 2.65 bits per heavy atom. The number of nitrogen functional groups attached to an aromatic ring is 1. The molecule has 0 fully saturated rings. The zero-order valence-corrected chi connectivity index (χ0v) is 12.0. The Labute approximate surface area is 122 Å². The van der Waals surface area contributed by atoms with Crippen molar-refractivity contribution in [1.82, 2.24) is 4.98 Å². The Kier molecular flexibility index (Phi) is 5.01. The van der Waals surface area contributed by atoms with Crippen LogP contribution in [0.3, 0.4) is 0 Å². The van der Waals surface area contributed by atoms with Crippen molar-refractivity contribution in [3.63, 3.8) is 0 Å². The fourth-order valence-corrected chi connectivity index (χ4v) is 2.69. The third-order valence-corrected chi connectivity index (χ3v) is 3.83. The number of carbonyl (C=O) groups is 1. The summed E-state index contributed by atoms with van der Waals surface area (Å²) in [5, 5.41) is -0.401. The lowest BCUT2D eigenvalue weighted by Gasteiger charge is -2.15. The predicted octanol–water partition coefficient (Wildman–Crippen LogP) is 3.06. The van der Waals surface area contributed by atoms with E-state index in [4.69, 9.17) is 10.5 Å². The van der Waals surface area contributed by atoms with E-state index in [9.17, 15) is 4.79 Å². The second-order valence-corrected chi connectivity index (χ2v) is 5.26. The molecule has 0 aliphatic carbocycles. The third kappa shape index (κ3) is 3.74. The van der Waals surface area contributed by atoms with Gasteiger partial charge in [-0.15, -0.1) is 11.8 Å². The second-order valence-electron chi connectivity index (χ2n) is 4.08. The minimum absolute atomic E-state index is 0.250. The number of nitrogens with two attached hydrogens (primary N) is 1. The van der Waals surface area contributed by atoms with Gasteiger partial charge in [-0.2, -0.15) is 0 Å². The molecule has 1 aromatic heterocycles. The molecule has 2 aromatic rings. The molecule has 20 heavy (non-hydrogen) atoms. The summed E-state index contributed by atoms with van der Waals surface area (Å²) in [4.78, 5) is 17.0. The smallest absolute Gasteiger partial charge is 0.323 e. The van der Waals surface area contributed by atoms with Crippen molar-refractivity contribution in [3.8, 4) is 0 Å². The number of thioether (sulfide) groups is 1. The molecule has 0 aliphatic heterocycles. The lowest BCUT2D eigenvalue weighted by atomic mass is 10.1. The molecule has 0 saturated carbocycles. The van der Waals surface area contributed by atoms with Crippen molar-refractivity contribution in [2.75, 3.05) is 12.3 Å². The molecule has 0 bridgehead atoms. The van der Waals surface area contributed by atoms with E-state index in [1.54, 1.807) is 19.2 Å². The first-order valence-electron chi connectivity index (χ1n) is 6.30. The van der Waals surface area contributed by atoms with Crippen molar-refractivity contribution < 1.29 is 9.53 Å². The van der Waals surface area contributed by atoms with Gasteiger partial charge in [0.15, 0.2) is 0 Å². The average molecular weight is 288 g/mol. The lowest BCUT2D eigenvalue weighted by Crippen LogP contribution is -2.13. The molecule has 2 N–H and O–H groups in total. The van der Waals surface area contributed by atoms with E-state index in [1.807, 2.05) is 36.4 Å². The van der Waals surface area contributed by atoms with Crippen molar-refractivity contribution in [3.05, 3.63) is 54.2 Å². The van der Waals surface area contributed by atoms with E-state index in [1.165, 1.54) is 11.8 Å². The maximum atomic E-state index is 12.1. The maximum Gasteiger partial charge on any atom is 0.323 e. The van der Waals surface area contributed by atoms with Crippen LogP contribution in [0.5, 0.6) is 0 Å². The number of hydrogen-bond acceptors (Lipinski definition) is 5. The van der Waals surface area contributed by atoms with E-state index in [2.05, 4.69) is 4.98 Å². The number of pyridine rings is 1. The molecular formula is C15H16N2O2S. The molecule has 0 spiro atoms. The Morgan fingerprint density at radius 2 is 2.05 bits per heavy atom. The van der Waals surface area contributed by atoms with Crippen LogP contribution in [-0.2, 0) is 9.53 Å². The number of ether oxygens (including phenoxy) is 1. The zero-order valence-electron chi connectivity index (χ0n) is 11.2. The molecule has 1 aromatic carbocycles. The number of benzene rings is 1. The zero-order chi connectivity index (χ0) is 14.4. The van der Waals surface area contributed by atoms with Crippen molar-refractivity contribution in [2.24, 2.45) is 0 Å². The standard InChI is InChI=1S/C15H16N2O2S/c1-2-19-15(18)14(11-6-4-3-5-7-11)20-12-8-9-13(16)17-10-12/h3-10,14H,2H2,1H3,(H2,16,17). The summed E-state index contributed by atoms with van der Waals surface area (Å²) in [6.45, 7) is 2.16. The highest BCUT2D eigenvalue weighted by Crippen LogP contribution is 2.36. The minimum Gasteiger partial charge on any atom is -0.465 e. The number of anilines is 1. The Hall–Kier alpha value is -2.01. The summed E-state index contributed by atoms with van der Waals surface area (Å²) in [6, 6.07) is 13.1. The molecule has 104 valence electrons. The maximum absolute atomic E-state index is 12.1. The molecule has 1 heterocycles. The van der Waals surface area contributed by atoms with Gasteiger partial charge in [0.05, 0.1) is 6.61 Å². The Morgan fingerprint density at radius 1 is 1.30 bits per heavy atom. The van der Waals surface area contributed by atoms with Crippen LogP contribution in [0, 0.1) is 0 Å². The van der Waals surface area contributed by atoms with Crippen LogP contribution in [0.4, 0.5) is 5.82 Å². The van der Waals surface area contributed by atoms with Gasteiger partial charge in [-0.1, -0.05) is 30.3 Å². The van der Waals surface area contributed by atoms with Gasteiger partial charge in [-0.05, 0) is 24.6 Å². The van der Waals surface area contributed by atoms with E-state index in [0.717, 1.165) is 10.5 Å². The van der Waals surface area contributed by atoms with Gasteiger partial charge in [-0.3, -0.25) is 4.79 Å². The van der Waals surface area contributed by atoms with Crippen LogP contribution in [0.1, 0.15) is 17.7 Å². The van der Waals surface area contributed by atoms with Gasteiger partial charge in [-0.25, -0.2) is 4.98 Å². The van der Waals surface area contributed by atoms with Crippen LogP contribution >= 0.6 is 11.8 Å². The highest BCUT2D eigenvalue weighted by Gasteiger charge is 2.23. The number of aromatic nitrogens is 1.